The van der Waals surface area contributed by atoms with E-state index < -0.39 is 0 Å². The summed E-state index contributed by atoms with van der Waals surface area (Å²) >= 11 is 0. The molecular weight excluding hydrogens is 428 g/mol. The third-order valence-corrected chi connectivity index (χ3v) is 6.21. The second-order valence-electron chi connectivity index (χ2n) is 8.39. The van der Waals surface area contributed by atoms with Gasteiger partial charge in [-0.2, -0.15) is 0 Å². The van der Waals surface area contributed by atoms with E-state index in [4.69, 9.17) is 9.47 Å². The molecule has 3 aromatic carbocycles. The van der Waals surface area contributed by atoms with Crippen molar-refractivity contribution < 1.29 is 19.1 Å². The molecule has 1 N–H and O–H groups in total. The minimum Gasteiger partial charge on any atom is -0.492 e. The van der Waals surface area contributed by atoms with Crippen LogP contribution in [0.4, 0.5) is 0 Å². The number of hydrogen-bond donors (Lipinski definition) is 1. The SMILES string of the molecule is COC(=O)c1ccc([C@H](C)NC(=O)[C@H]2c3ccccc3CCN2CCOc2ccccc2)cc1. The summed E-state index contributed by atoms with van der Waals surface area (Å²) in [6.07, 6.45) is 0.899. The van der Waals surface area contributed by atoms with Crippen molar-refractivity contribution in [1.29, 1.82) is 0 Å². The highest BCUT2D eigenvalue weighted by Crippen LogP contribution is 2.30. The van der Waals surface area contributed by atoms with E-state index in [1.165, 1.54) is 12.7 Å². The van der Waals surface area contributed by atoms with Crippen molar-refractivity contribution in [3.8, 4) is 5.75 Å². The Morgan fingerprint density at radius 1 is 1.00 bits per heavy atom. The normalized spacial score (nSPS) is 16.2. The van der Waals surface area contributed by atoms with Crippen LogP contribution in [0.15, 0.2) is 78.9 Å². The molecule has 0 radical (unpaired) electrons. The van der Waals surface area contributed by atoms with Gasteiger partial charge in [0.25, 0.3) is 0 Å². The molecule has 2 atom stereocenters. The number of nitrogens with one attached hydrogen (secondary N) is 1. The minimum absolute atomic E-state index is 0.0450. The second kappa shape index (κ2) is 11.0. The molecule has 0 aliphatic carbocycles. The lowest BCUT2D eigenvalue weighted by Gasteiger charge is -2.36. The molecule has 4 rings (SSSR count). The number of para-hydroxylation sites is 1. The third-order valence-electron chi connectivity index (χ3n) is 6.21. The summed E-state index contributed by atoms with van der Waals surface area (Å²) in [5.74, 6) is 0.400. The standard InChI is InChI=1S/C28H30N2O4/c1-20(21-12-14-23(15-13-21)28(32)33-2)29-27(31)26-25-11-7-6-8-22(25)16-17-30(26)18-19-34-24-9-4-3-5-10-24/h3-15,20,26H,16-19H2,1-2H3,(H,29,31)/t20-,26+/m0/s1. The van der Waals surface area contributed by atoms with Gasteiger partial charge in [0, 0.05) is 13.1 Å². The Morgan fingerprint density at radius 3 is 2.44 bits per heavy atom. The van der Waals surface area contributed by atoms with Gasteiger partial charge in [0.2, 0.25) is 5.91 Å². The first-order chi connectivity index (χ1) is 16.6. The van der Waals surface area contributed by atoms with Gasteiger partial charge in [0.15, 0.2) is 0 Å². The lowest BCUT2D eigenvalue weighted by atomic mass is 9.91. The molecule has 0 unspecified atom stereocenters. The zero-order valence-electron chi connectivity index (χ0n) is 19.6. The molecule has 1 aliphatic rings. The van der Waals surface area contributed by atoms with Crippen molar-refractivity contribution in [2.24, 2.45) is 0 Å². The number of carbonyl (C=O) groups is 2. The molecule has 1 amide bonds. The topological polar surface area (TPSA) is 67.9 Å². The Bertz CT molecular complexity index is 1110. The van der Waals surface area contributed by atoms with Gasteiger partial charge in [-0.1, -0.05) is 54.6 Å². The first kappa shape index (κ1) is 23.5. The zero-order valence-corrected chi connectivity index (χ0v) is 19.6. The molecule has 1 heterocycles. The van der Waals surface area contributed by atoms with Crippen LogP contribution in [0, 0.1) is 0 Å². The first-order valence-corrected chi connectivity index (χ1v) is 11.5. The zero-order chi connectivity index (χ0) is 23.9. The summed E-state index contributed by atoms with van der Waals surface area (Å²) in [5.41, 5.74) is 3.65. The third kappa shape index (κ3) is 5.46. The second-order valence-corrected chi connectivity index (χ2v) is 8.39. The van der Waals surface area contributed by atoms with E-state index in [2.05, 4.69) is 16.3 Å². The Kier molecular flexibility index (Phi) is 7.60. The Labute approximate surface area is 200 Å². The number of esters is 1. The molecule has 0 aromatic heterocycles. The number of ether oxygens (including phenoxy) is 2. The lowest BCUT2D eigenvalue weighted by Crippen LogP contribution is -2.46. The molecule has 0 bridgehead atoms. The Hall–Kier alpha value is -3.64. The number of rotatable bonds is 8. The van der Waals surface area contributed by atoms with E-state index in [0.717, 1.165) is 29.8 Å². The fourth-order valence-corrected chi connectivity index (χ4v) is 4.37. The van der Waals surface area contributed by atoms with Crippen molar-refractivity contribution in [2.75, 3.05) is 26.8 Å². The van der Waals surface area contributed by atoms with E-state index in [-0.39, 0.29) is 24.0 Å². The summed E-state index contributed by atoms with van der Waals surface area (Å²) in [5, 5.41) is 3.17. The van der Waals surface area contributed by atoms with Gasteiger partial charge >= 0.3 is 5.97 Å². The minimum atomic E-state index is -0.388. The molecule has 0 spiro atoms. The maximum Gasteiger partial charge on any atom is 0.337 e. The highest BCUT2D eigenvalue weighted by atomic mass is 16.5. The van der Waals surface area contributed by atoms with E-state index in [9.17, 15) is 9.59 Å². The van der Waals surface area contributed by atoms with Crippen LogP contribution in [0.25, 0.3) is 0 Å². The van der Waals surface area contributed by atoms with Crippen LogP contribution in [0.2, 0.25) is 0 Å². The van der Waals surface area contributed by atoms with Crippen LogP contribution < -0.4 is 10.1 Å². The van der Waals surface area contributed by atoms with Crippen molar-refractivity contribution in [3.63, 3.8) is 0 Å². The highest BCUT2D eigenvalue weighted by Gasteiger charge is 2.33. The van der Waals surface area contributed by atoms with Crippen LogP contribution in [0.5, 0.6) is 5.75 Å². The van der Waals surface area contributed by atoms with Gasteiger partial charge in [0.1, 0.15) is 18.4 Å². The number of benzene rings is 3. The van der Waals surface area contributed by atoms with E-state index in [1.54, 1.807) is 12.1 Å². The summed E-state index contributed by atoms with van der Waals surface area (Å²) in [6.45, 7) is 3.88. The van der Waals surface area contributed by atoms with Gasteiger partial charge in [-0.15, -0.1) is 0 Å². The molecule has 6 nitrogen and oxygen atoms in total. The smallest absolute Gasteiger partial charge is 0.337 e. The van der Waals surface area contributed by atoms with Crippen LogP contribution in [0.3, 0.4) is 0 Å². The molecule has 6 heteroatoms. The number of carbonyl (C=O) groups excluding carboxylic acids is 2. The molecule has 3 aromatic rings. The Morgan fingerprint density at radius 2 is 1.71 bits per heavy atom. The molecular formula is C28H30N2O4. The summed E-state index contributed by atoms with van der Waals surface area (Å²) in [7, 11) is 1.36. The van der Waals surface area contributed by atoms with Gasteiger partial charge in [-0.25, -0.2) is 4.79 Å². The average molecular weight is 459 g/mol. The maximum absolute atomic E-state index is 13.5. The van der Waals surface area contributed by atoms with Gasteiger partial charge in [-0.3, -0.25) is 9.69 Å². The lowest BCUT2D eigenvalue weighted by molar-refractivity contribution is -0.128. The largest absolute Gasteiger partial charge is 0.492 e. The molecule has 1 aliphatic heterocycles. The number of fused-ring (bicyclic) bond motifs is 1. The number of methoxy groups -OCH3 is 1. The maximum atomic E-state index is 13.5. The van der Waals surface area contributed by atoms with Crippen molar-refractivity contribution >= 4 is 11.9 Å². The average Bonchev–Trinajstić information content (AvgIpc) is 2.88. The van der Waals surface area contributed by atoms with E-state index in [0.29, 0.717) is 18.7 Å². The van der Waals surface area contributed by atoms with Crippen molar-refractivity contribution in [1.82, 2.24) is 10.2 Å². The number of hydrogen-bond acceptors (Lipinski definition) is 5. The predicted octanol–water partition coefficient (Wildman–Crippen LogP) is 4.33. The fraction of sp³-hybridized carbons (Fsp3) is 0.286. The molecule has 176 valence electrons. The Balaban J connectivity index is 1.47. The fourth-order valence-electron chi connectivity index (χ4n) is 4.37. The number of nitrogens with zero attached hydrogens (tertiary/aromatic N) is 1. The molecule has 0 fully saturated rings. The summed E-state index contributed by atoms with van der Waals surface area (Å²) in [4.78, 5) is 27.4. The van der Waals surface area contributed by atoms with Gasteiger partial charge in [-0.05, 0) is 54.3 Å². The van der Waals surface area contributed by atoms with Crippen molar-refractivity contribution in [3.05, 3.63) is 101 Å². The van der Waals surface area contributed by atoms with Gasteiger partial charge < -0.3 is 14.8 Å². The summed E-state index contributed by atoms with van der Waals surface area (Å²) < 4.78 is 10.7. The van der Waals surface area contributed by atoms with E-state index in [1.807, 2.05) is 67.6 Å². The van der Waals surface area contributed by atoms with Crippen LogP contribution >= 0.6 is 0 Å². The molecule has 0 saturated carbocycles. The summed E-state index contributed by atoms with van der Waals surface area (Å²) in [6, 6.07) is 24.4. The predicted molar refractivity (Wildman–Crippen MR) is 131 cm³/mol. The highest BCUT2D eigenvalue weighted by molar-refractivity contribution is 5.89. The van der Waals surface area contributed by atoms with E-state index >= 15 is 0 Å². The van der Waals surface area contributed by atoms with Crippen LogP contribution in [-0.4, -0.2) is 43.6 Å². The van der Waals surface area contributed by atoms with Crippen LogP contribution in [0.1, 0.15) is 46.1 Å². The number of amides is 1. The monoisotopic (exact) mass is 458 g/mol. The first-order valence-electron chi connectivity index (χ1n) is 11.5. The van der Waals surface area contributed by atoms with Crippen molar-refractivity contribution in [2.45, 2.75) is 25.4 Å². The quantitative estimate of drug-likeness (QED) is 0.509. The van der Waals surface area contributed by atoms with Gasteiger partial charge in [0.05, 0.1) is 18.7 Å². The van der Waals surface area contributed by atoms with Crippen LogP contribution in [-0.2, 0) is 16.0 Å². The molecule has 34 heavy (non-hydrogen) atoms. The molecule has 0 saturated heterocycles.